The third kappa shape index (κ3) is 6.04. The maximum atomic E-state index is 13.9. The van der Waals surface area contributed by atoms with Gasteiger partial charge in [-0.3, -0.25) is 14.6 Å². The minimum Gasteiger partial charge on any atom is -0.379 e. The van der Waals surface area contributed by atoms with Gasteiger partial charge < -0.3 is 15.0 Å². The lowest BCUT2D eigenvalue weighted by Crippen LogP contribution is -2.46. The summed E-state index contributed by atoms with van der Waals surface area (Å²) in [6.07, 6.45) is 2.07. The normalized spacial score (nSPS) is 16.5. The van der Waals surface area contributed by atoms with Crippen LogP contribution >= 0.6 is 0 Å². The van der Waals surface area contributed by atoms with Crippen molar-refractivity contribution in [1.82, 2.24) is 24.9 Å². The molecular formula is C23H35FN6O. The van der Waals surface area contributed by atoms with Gasteiger partial charge in [-0.1, -0.05) is 26.0 Å². The standard InChI is InChI=1S/C23H35FN6O/c1-17(2)22-19(16-29(5)27-22)15-28(4)23(25-3)26-14-21(30-9-11-31-12-10-30)18-7-6-8-20(24)13-18/h6-8,13,16-17,21H,9-12,14-15H2,1-5H3,(H,25,26). The van der Waals surface area contributed by atoms with Gasteiger partial charge in [-0.15, -0.1) is 0 Å². The van der Waals surface area contributed by atoms with Gasteiger partial charge in [-0.2, -0.15) is 5.10 Å². The van der Waals surface area contributed by atoms with E-state index in [-0.39, 0.29) is 11.9 Å². The Balaban J connectivity index is 1.71. The molecule has 170 valence electrons. The third-order valence-electron chi connectivity index (χ3n) is 5.64. The topological polar surface area (TPSA) is 57.9 Å². The second kappa shape index (κ2) is 10.7. The highest BCUT2D eigenvalue weighted by Gasteiger charge is 2.24. The van der Waals surface area contributed by atoms with E-state index in [1.165, 1.54) is 11.6 Å². The molecule has 1 aromatic carbocycles. The van der Waals surface area contributed by atoms with E-state index in [2.05, 4.69) is 45.3 Å². The van der Waals surface area contributed by atoms with Crippen LogP contribution in [0.25, 0.3) is 0 Å². The van der Waals surface area contributed by atoms with Crippen LogP contribution < -0.4 is 5.32 Å². The number of nitrogens with one attached hydrogen (secondary N) is 1. The van der Waals surface area contributed by atoms with Crippen molar-refractivity contribution in [3.63, 3.8) is 0 Å². The van der Waals surface area contributed by atoms with Crippen LogP contribution in [0.15, 0.2) is 35.5 Å². The van der Waals surface area contributed by atoms with Gasteiger partial charge in [-0.05, 0) is 23.6 Å². The van der Waals surface area contributed by atoms with Crippen LogP contribution in [-0.4, -0.2) is 72.5 Å². The van der Waals surface area contributed by atoms with E-state index >= 15 is 0 Å². The number of nitrogens with zero attached hydrogens (tertiary/aromatic N) is 5. The van der Waals surface area contributed by atoms with Gasteiger partial charge in [0.2, 0.25) is 0 Å². The van der Waals surface area contributed by atoms with Gasteiger partial charge in [-0.25, -0.2) is 4.39 Å². The molecule has 31 heavy (non-hydrogen) atoms. The number of hydrogen-bond donors (Lipinski definition) is 1. The molecule has 0 bridgehead atoms. The van der Waals surface area contributed by atoms with Gasteiger partial charge in [0.05, 0.1) is 24.9 Å². The van der Waals surface area contributed by atoms with E-state index in [4.69, 9.17) is 4.74 Å². The number of morpholine rings is 1. The van der Waals surface area contributed by atoms with Gasteiger partial charge in [0.15, 0.2) is 5.96 Å². The molecule has 1 aliphatic rings. The molecule has 2 heterocycles. The lowest BCUT2D eigenvalue weighted by molar-refractivity contribution is 0.0168. The molecule has 0 radical (unpaired) electrons. The van der Waals surface area contributed by atoms with Crippen LogP contribution in [0.2, 0.25) is 0 Å². The van der Waals surface area contributed by atoms with E-state index in [9.17, 15) is 4.39 Å². The van der Waals surface area contributed by atoms with E-state index in [1.54, 1.807) is 19.2 Å². The molecule has 7 nitrogen and oxygen atoms in total. The van der Waals surface area contributed by atoms with Crippen molar-refractivity contribution in [1.29, 1.82) is 0 Å². The molecule has 1 aliphatic heterocycles. The molecule has 1 atom stereocenters. The van der Waals surface area contributed by atoms with Crippen LogP contribution in [0.5, 0.6) is 0 Å². The van der Waals surface area contributed by atoms with Crippen molar-refractivity contribution >= 4 is 5.96 Å². The molecule has 2 aromatic rings. The molecule has 8 heteroatoms. The molecular weight excluding hydrogens is 395 g/mol. The second-order valence-corrected chi connectivity index (χ2v) is 8.37. The van der Waals surface area contributed by atoms with Gasteiger partial charge >= 0.3 is 0 Å². The highest BCUT2D eigenvalue weighted by Crippen LogP contribution is 2.22. The Hall–Kier alpha value is -2.45. The molecule has 1 aromatic heterocycles. The number of ether oxygens (including phenoxy) is 1. The summed E-state index contributed by atoms with van der Waals surface area (Å²) in [7, 11) is 5.77. The van der Waals surface area contributed by atoms with Crippen molar-refractivity contribution < 1.29 is 9.13 Å². The van der Waals surface area contributed by atoms with Crippen molar-refractivity contribution in [2.75, 3.05) is 46.9 Å². The SMILES string of the molecule is CN=C(NCC(c1cccc(F)c1)N1CCOCC1)N(C)Cc1cn(C)nc1C(C)C. The minimum atomic E-state index is -0.213. The molecule has 3 rings (SSSR count). The van der Waals surface area contributed by atoms with E-state index < -0.39 is 0 Å². The summed E-state index contributed by atoms with van der Waals surface area (Å²) in [5.74, 6) is 0.946. The summed E-state index contributed by atoms with van der Waals surface area (Å²) in [5, 5.41) is 8.11. The quantitative estimate of drug-likeness (QED) is 0.541. The zero-order valence-electron chi connectivity index (χ0n) is 19.3. The van der Waals surface area contributed by atoms with E-state index in [0.29, 0.717) is 32.2 Å². The van der Waals surface area contributed by atoms with Crippen molar-refractivity contribution in [3.05, 3.63) is 53.1 Å². The average molecular weight is 431 g/mol. The van der Waals surface area contributed by atoms with E-state index in [1.807, 2.05) is 24.8 Å². The molecule has 1 saturated heterocycles. The zero-order valence-corrected chi connectivity index (χ0v) is 19.3. The summed E-state index contributed by atoms with van der Waals surface area (Å²) in [6.45, 7) is 8.69. The Morgan fingerprint density at radius 1 is 1.32 bits per heavy atom. The first kappa shape index (κ1) is 23.2. The molecule has 1 N–H and O–H groups in total. The molecule has 1 unspecified atom stereocenters. The van der Waals surface area contributed by atoms with Crippen molar-refractivity contribution in [2.45, 2.75) is 32.4 Å². The second-order valence-electron chi connectivity index (χ2n) is 8.37. The number of hydrogen-bond acceptors (Lipinski definition) is 4. The van der Waals surface area contributed by atoms with Crippen molar-refractivity contribution in [3.8, 4) is 0 Å². The lowest BCUT2D eigenvalue weighted by Gasteiger charge is -2.35. The predicted octanol–water partition coefficient (Wildman–Crippen LogP) is 2.76. The van der Waals surface area contributed by atoms with Crippen molar-refractivity contribution in [2.24, 2.45) is 12.0 Å². The Bertz CT molecular complexity index is 875. The Morgan fingerprint density at radius 2 is 2.06 bits per heavy atom. The van der Waals surface area contributed by atoms with Gasteiger partial charge in [0, 0.05) is 59.1 Å². The van der Waals surface area contributed by atoms with Crippen LogP contribution in [-0.2, 0) is 18.3 Å². The Labute approximate surface area is 184 Å². The zero-order chi connectivity index (χ0) is 22.4. The molecule has 0 amide bonds. The number of aryl methyl sites for hydroxylation is 1. The summed E-state index contributed by atoms with van der Waals surface area (Å²) >= 11 is 0. The molecule has 1 fully saturated rings. The van der Waals surface area contributed by atoms with Gasteiger partial charge in [0.25, 0.3) is 0 Å². The largest absolute Gasteiger partial charge is 0.379 e. The van der Waals surface area contributed by atoms with Crippen LogP contribution in [0, 0.1) is 5.82 Å². The first-order valence-electron chi connectivity index (χ1n) is 10.9. The summed E-state index contributed by atoms with van der Waals surface area (Å²) in [4.78, 5) is 8.93. The number of aliphatic imine (C=N–C) groups is 1. The number of rotatable bonds is 7. The molecule has 0 spiro atoms. The van der Waals surface area contributed by atoms with Gasteiger partial charge in [0.1, 0.15) is 5.82 Å². The highest BCUT2D eigenvalue weighted by molar-refractivity contribution is 5.79. The summed E-state index contributed by atoms with van der Waals surface area (Å²) < 4.78 is 21.3. The average Bonchev–Trinajstić information content (AvgIpc) is 3.12. The Kier molecular flexibility index (Phi) is 8.03. The smallest absolute Gasteiger partial charge is 0.193 e. The third-order valence-corrected chi connectivity index (χ3v) is 5.64. The fourth-order valence-corrected chi connectivity index (χ4v) is 4.13. The molecule has 0 saturated carbocycles. The fourth-order valence-electron chi connectivity index (χ4n) is 4.13. The number of guanidine groups is 1. The first-order chi connectivity index (χ1) is 14.9. The first-order valence-corrected chi connectivity index (χ1v) is 10.9. The fraction of sp³-hybridized carbons (Fsp3) is 0.565. The van der Waals surface area contributed by atoms with Crippen LogP contribution in [0.1, 0.15) is 42.6 Å². The summed E-state index contributed by atoms with van der Waals surface area (Å²) in [5.41, 5.74) is 3.26. The lowest BCUT2D eigenvalue weighted by atomic mass is 10.0. The molecule has 0 aliphatic carbocycles. The van der Waals surface area contributed by atoms with Crippen LogP contribution in [0.4, 0.5) is 4.39 Å². The monoisotopic (exact) mass is 430 g/mol. The number of halogens is 1. The number of aromatic nitrogens is 2. The highest BCUT2D eigenvalue weighted by atomic mass is 19.1. The van der Waals surface area contributed by atoms with E-state index in [0.717, 1.165) is 30.3 Å². The maximum Gasteiger partial charge on any atom is 0.193 e. The summed E-state index contributed by atoms with van der Waals surface area (Å²) in [6, 6.07) is 6.91. The maximum absolute atomic E-state index is 13.9. The predicted molar refractivity (Wildman–Crippen MR) is 122 cm³/mol. The number of benzene rings is 1. The van der Waals surface area contributed by atoms with Crippen LogP contribution in [0.3, 0.4) is 0 Å². The Morgan fingerprint density at radius 3 is 2.71 bits per heavy atom. The minimum absolute atomic E-state index is 0.0365.